The maximum Gasteiger partial charge on any atom is 0.306 e. The van der Waals surface area contributed by atoms with Crippen LogP contribution in [-0.2, 0) is 9.53 Å². The Bertz CT molecular complexity index is 669. The van der Waals surface area contributed by atoms with Gasteiger partial charge in [0, 0.05) is 18.7 Å². The second-order valence-corrected chi connectivity index (χ2v) is 8.25. The van der Waals surface area contributed by atoms with Crippen LogP contribution in [0.25, 0.3) is 0 Å². The zero-order valence-corrected chi connectivity index (χ0v) is 17.6. The first-order valence-electron chi connectivity index (χ1n) is 10.5. The fraction of sp³-hybridized carbons (Fsp3) is 0.682. The quantitative estimate of drug-likeness (QED) is 0.319. The lowest BCUT2D eigenvalue weighted by Gasteiger charge is -2.37. The predicted octanol–water partition coefficient (Wildman–Crippen LogP) is 5.45. The topological polar surface area (TPSA) is 72.7 Å². The number of nitro groups is 1. The Morgan fingerprint density at radius 2 is 1.93 bits per heavy atom. The number of hydrogen-bond donors (Lipinski definition) is 0. The van der Waals surface area contributed by atoms with Crippen molar-refractivity contribution in [2.45, 2.75) is 78.2 Å². The van der Waals surface area contributed by atoms with Gasteiger partial charge in [0.15, 0.2) is 0 Å². The van der Waals surface area contributed by atoms with Crippen molar-refractivity contribution in [3.63, 3.8) is 0 Å². The van der Waals surface area contributed by atoms with E-state index in [1.165, 1.54) is 19.3 Å². The summed E-state index contributed by atoms with van der Waals surface area (Å²) in [5.74, 6) is 0.0225. The van der Waals surface area contributed by atoms with E-state index in [0.29, 0.717) is 24.3 Å². The first-order chi connectivity index (χ1) is 13.3. The average Bonchev–Trinajstić information content (AvgIpc) is 2.66. The highest BCUT2D eigenvalue weighted by atomic mass is 16.6. The largest absolute Gasteiger partial charge is 0.466 e. The van der Waals surface area contributed by atoms with Gasteiger partial charge in [0.25, 0.3) is 5.69 Å². The molecule has 1 aliphatic carbocycles. The maximum absolute atomic E-state index is 11.9. The van der Waals surface area contributed by atoms with E-state index in [1.807, 2.05) is 19.1 Å². The number of benzene rings is 1. The first-order valence-corrected chi connectivity index (χ1v) is 10.5. The average molecular weight is 391 g/mol. The number of ether oxygens (including phenoxy) is 1. The Kier molecular flexibility index (Phi) is 8.27. The lowest BCUT2D eigenvalue weighted by Crippen LogP contribution is -2.39. The van der Waals surface area contributed by atoms with Gasteiger partial charge >= 0.3 is 5.97 Å². The molecule has 6 nitrogen and oxygen atoms in total. The molecule has 1 fully saturated rings. The van der Waals surface area contributed by atoms with Crippen LogP contribution in [0.3, 0.4) is 0 Å². The molecule has 0 N–H and O–H groups in total. The molecular weight excluding hydrogens is 356 g/mol. The van der Waals surface area contributed by atoms with Gasteiger partial charge in [0.2, 0.25) is 0 Å². The van der Waals surface area contributed by atoms with Crippen LogP contribution in [0.1, 0.15) is 77.7 Å². The smallest absolute Gasteiger partial charge is 0.306 e. The molecule has 0 unspecified atom stereocenters. The second-order valence-electron chi connectivity index (χ2n) is 8.25. The van der Waals surface area contributed by atoms with Crippen LogP contribution in [0.4, 0.5) is 11.4 Å². The minimum atomic E-state index is -0.286. The van der Waals surface area contributed by atoms with E-state index in [2.05, 4.69) is 18.7 Å². The van der Waals surface area contributed by atoms with Crippen molar-refractivity contribution >= 4 is 17.3 Å². The monoisotopic (exact) mass is 390 g/mol. The summed E-state index contributed by atoms with van der Waals surface area (Å²) in [5, 5.41) is 11.9. The van der Waals surface area contributed by atoms with Gasteiger partial charge in [0.05, 0.1) is 18.0 Å². The standard InChI is InChI=1S/C22H34N2O4/c1-5-28-22(25)13-17(4)18-11-12-20(21(14-18)24(26)27)23(15-16(2)3)19-9-7-6-8-10-19/h11-12,14,16-17,19H,5-10,13,15H2,1-4H3/t17-/m1/s1. The summed E-state index contributed by atoms with van der Waals surface area (Å²) < 4.78 is 5.02. The third-order valence-electron chi connectivity index (χ3n) is 5.43. The number of hydrogen-bond acceptors (Lipinski definition) is 5. The number of rotatable bonds is 9. The van der Waals surface area contributed by atoms with Crippen LogP contribution in [0.5, 0.6) is 0 Å². The van der Waals surface area contributed by atoms with Gasteiger partial charge in [0.1, 0.15) is 5.69 Å². The number of carbonyl (C=O) groups is 1. The lowest BCUT2D eigenvalue weighted by atomic mass is 9.92. The minimum absolute atomic E-state index is 0.125. The SMILES string of the molecule is CCOC(=O)C[C@@H](C)c1ccc(N(CC(C)C)C2CCCCC2)c([N+](=O)[O-])c1. The van der Waals surface area contributed by atoms with Crippen molar-refractivity contribution in [1.82, 2.24) is 0 Å². The van der Waals surface area contributed by atoms with Crippen molar-refractivity contribution in [2.24, 2.45) is 5.92 Å². The van der Waals surface area contributed by atoms with E-state index in [1.54, 1.807) is 13.0 Å². The molecule has 28 heavy (non-hydrogen) atoms. The van der Waals surface area contributed by atoms with Crippen molar-refractivity contribution < 1.29 is 14.5 Å². The van der Waals surface area contributed by atoms with Gasteiger partial charge in [-0.25, -0.2) is 0 Å². The van der Waals surface area contributed by atoms with Gasteiger partial charge < -0.3 is 9.64 Å². The van der Waals surface area contributed by atoms with E-state index in [9.17, 15) is 14.9 Å². The first kappa shape index (κ1) is 22.2. The molecule has 0 radical (unpaired) electrons. The van der Waals surface area contributed by atoms with Gasteiger partial charge in [-0.3, -0.25) is 14.9 Å². The molecule has 0 saturated heterocycles. The normalized spacial score (nSPS) is 16.0. The number of esters is 1. The molecule has 1 aromatic carbocycles. The van der Waals surface area contributed by atoms with Crippen LogP contribution < -0.4 is 4.90 Å². The summed E-state index contributed by atoms with van der Waals surface area (Å²) in [4.78, 5) is 25.6. The van der Waals surface area contributed by atoms with Crippen LogP contribution in [0, 0.1) is 16.0 Å². The molecule has 0 aromatic heterocycles. The molecule has 0 spiro atoms. The van der Waals surface area contributed by atoms with Crippen LogP contribution in [0.2, 0.25) is 0 Å². The molecule has 2 rings (SSSR count). The molecule has 1 saturated carbocycles. The Labute approximate surface area is 168 Å². The molecule has 0 aliphatic heterocycles. The van der Waals surface area contributed by atoms with E-state index in [4.69, 9.17) is 4.74 Å². The number of carbonyl (C=O) groups excluding carboxylic acids is 1. The lowest BCUT2D eigenvalue weighted by molar-refractivity contribution is -0.384. The highest BCUT2D eigenvalue weighted by Gasteiger charge is 2.28. The summed E-state index contributed by atoms with van der Waals surface area (Å²) in [7, 11) is 0. The summed E-state index contributed by atoms with van der Waals surface area (Å²) in [6, 6.07) is 5.82. The molecule has 6 heteroatoms. The molecule has 0 bridgehead atoms. The van der Waals surface area contributed by atoms with E-state index < -0.39 is 0 Å². The molecular formula is C22H34N2O4. The minimum Gasteiger partial charge on any atom is -0.466 e. The summed E-state index contributed by atoms with van der Waals surface area (Å²) in [6.07, 6.45) is 6.01. The number of nitro benzene ring substituents is 1. The van der Waals surface area contributed by atoms with Gasteiger partial charge in [-0.05, 0) is 43.2 Å². The Balaban J connectivity index is 2.33. The van der Waals surface area contributed by atoms with Gasteiger partial charge in [-0.1, -0.05) is 46.1 Å². The summed E-state index contributed by atoms with van der Waals surface area (Å²) in [5.41, 5.74) is 1.65. The Morgan fingerprint density at radius 3 is 2.50 bits per heavy atom. The molecule has 0 heterocycles. The third-order valence-corrected chi connectivity index (χ3v) is 5.43. The zero-order chi connectivity index (χ0) is 20.7. The highest BCUT2D eigenvalue weighted by Crippen LogP contribution is 2.36. The van der Waals surface area contributed by atoms with Crippen molar-refractivity contribution in [3.8, 4) is 0 Å². The van der Waals surface area contributed by atoms with Gasteiger partial charge in [-0.15, -0.1) is 0 Å². The Hall–Kier alpha value is -2.11. The van der Waals surface area contributed by atoms with Gasteiger partial charge in [-0.2, -0.15) is 0 Å². The second kappa shape index (κ2) is 10.4. The zero-order valence-electron chi connectivity index (χ0n) is 17.6. The molecule has 1 aromatic rings. The molecule has 0 amide bonds. The van der Waals surface area contributed by atoms with Crippen molar-refractivity contribution in [3.05, 3.63) is 33.9 Å². The van der Waals surface area contributed by atoms with Crippen molar-refractivity contribution in [1.29, 1.82) is 0 Å². The van der Waals surface area contributed by atoms with E-state index in [-0.39, 0.29) is 28.9 Å². The summed E-state index contributed by atoms with van der Waals surface area (Å²) >= 11 is 0. The van der Waals surface area contributed by atoms with Crippen LogP contribution in [0.15, 0.2) is 18.2 Å². The highest BCUT2D eigenvalue weighted by molar-refractivity contribution is 5.71. The molecule has 1 aliphatic rings. The fourth-order valence-electron chi connectivity index (χ4n) is 4.05. The number of anilines is 1. The van der Waals surface area contributed by atoms with Crippen LogP contribution >= 0.6 is 0 Å². The molecule has 1 atom stereocenters. The van der Waals surface area contributed by atoms with E-state index in [0.717, 1.165) is 24.9 Å². The molecule has 156 valence electrons. The fourth-order valence-corrected chi connectivity index (χ4v) is 4.05. The predicted molar refractivity (Wildman–Crippen MR) is 112 cm³/mol. The van der Waals surface area contributed by atoms with E-state index >= 15 is 0 Å². The summed E-state index contributed by atoms with van der Waals surface area (Å²) in [6.45, 7) is 9.13. The van der Waals surface area contributed by atoms with Crippen molar-refractivity contribution in [2.75, 3.05) is 18.1 Å². The Morgan fingerprint density at radius 1 is 1.25 bits per heavy atom. The third kappa shape index (κ3) is 5.94. The van der Waals surface area contributed by atoms with Crippen LogP contribution in [-0.4, -0.2) is 30.1 Å². The maximum atomic E-state index is 11.9. The number of nitrogens with zero attached hydrogens (tertiary/aromatic N) is 2.